The molecule has 0 spiro atoms. The zero-order valence-electron chi connectivity index (χ0n) is 7.24. The van der Waals surface area contributed by atoms with Crippen molar-refractivity contribution in [3.8, 4) is 0 Å². The fourth-order valence-corrected chi connectivity index (χ4v) is 2.26. The molecular weight excluding hydrogens is 322 g/mol. The molecule has 8 heteroatoms. The van der Waals surface area contributed by atoms with Gasteiger partial charge in [-0.25, -0.2) is 4.68 Å². The first-order valence-electron chi connectivity index (χ1n) is 3.63. The largest absolute Gasteiger partial charge is 0.383 e. The predicted octanol–water partition coefficient (Wildman–Crippen LogP) is 1.96. The molecule has 0 amide bonds. The highest BCUT2D eigenvalue weighted by molar-refractivity contribution is 9.11. The highest BCUT2D eigenvalue weighted by Crippen LogP contribution is 2.32. The smallest absolute Gasteiger partial charge is 0.335 e. The van der Waals surface area contributed by atoms with Gasteiger partial charge in [-0.1, -0.05) is 0 Å². The normalized spacial score (nSPS) is 10.5. The molecule has 0 radical (unpaired) electrons. The lowest BCUT2D eigenvalue weighted by Crippen LogP contribution is -2.06. The third-order valence-electron chi connectivity index (χ3n) is 1.52. The molecule has 0 aliphatic rings. The molecule has 0 N–H and O–H groups in total. The van der Waals surface area contributed by atoms with Crippen LogP contribution < -0.4 is 0 Å². The van der Waals surface area contributed by atoms with E-state index in [1.165, 1.54) is 4.68 Å². The molecule has 0 atom stereocenters. The van der Waals surface area contributed by atoms with Gasteiger partial charge in [-0.15, -0.1) is 0 Å². The number of nitrogens with zero attached hydrogens (tertiary/aromatic N) is 3. The first kappa shape index (κ1) is 11.6. The van der Waals surface area contributed by atoms with E-state index in [9.17, 15) is 10.1 Å². The van der Waals surface area contributed by atoms with Gasteiger partial charge in [-0.2, -0.15) is 5.10 Å². The van der Waals surface area contributed by atoms with Crippen LogP contribution in [0.1, 0.15) is 0 Å². The van der Waals surface area contributed by atoms with E-state index in [4.69, 9.17) is 4.74 Å². The van der Waals surface area contributed by atoms with E-state index in [1.807, 2.05) is 0 Å². The summed E-state index contributed by atoms with van der Waals surface area (Å²) in [5.74, 6) is 0. The molecule has 0 aliphatic heterocycles. The second kappa shape index (κ2) is 4.85. The zero-order valence-corrected chi connectivity index (χ0v) is 10.4. The number of rotatable bonds is 4. The summed E-state index contributed by atoms with van der Waals surface area (Å²) in [5, 5.41) is 14.5. The molecule has 14 heavy (non-hydrogen) atoms. The van der Waals surface area contributed by atoms with E-state index in [-0.39, 0.29) is 10.3 Å². The van der Waals surface area contributed by atoms with Gasteiger partial charge in [-0.3, -0.25) is 10.1 Å². The van der Waals surface area contributed by atoms with Crippen LogP contribution in [-0.4, -0.2) is 28.4 Å². The van der Waals surface area contributed by atoms with Crippen molar-refractivity contribution < 1.29 is 9.66 Å². The molecule has 0 saturated heterocycles. The molecular formula is C6H7Br2N3O3. The predicted molar refractivity (Wildman–Crippen MR) is 56.2 cm³/mol. The van der Waals surface area contributed by atoms with Crippen LogP contribution in [0.4, 0.5) is 5.69 Å². The number of methoxy groups -OCH3 is 1. The molecule has 78 valence electrons. The third kappa shape index (κ3) is 2.31. The second-order valence-electron chi connectivity index (χ2n) is 2.40. The lowest BCUT2D eigenvalue weighted by atomic mass is 10.6. The van der Waals surface area contributed by atoms with Gasteiger partial charge >= 0.3 is 5.69 Å². The third-order valence-corrected chi connectivity index (χ3v) is 2.83. The van der Waals surface area contributed by atoms with Crippen molar-refractivity contribution in [2.24, 2.45) is 0 Å². The number of halogens is 2. The van der Waals surface area contributed by atoms with Crippen LogP contribution in [0.5, 0.6) is 0 Å². The van der Waals surface area contributed by atoms with Crippen LogP contribution in [0.25, 0.3) is 0 Å². The van der Waals surface area contributed by atoms with E-state index >= 15 is 0 Å². The summed E-state index contributed by atoms with van der Waals surface area (Å²) in [7, 11) is 1.56. The minimum Gasteiger partial charge on any atom is -0.383 e. The number of nitro groups is 1. The maximum absolute atomic E-state index is 10.6. The van der Waals surface area contributed by atoms with Gasteiger partial charge in [0.25, 0.3) is 0 Å². The maximum atomic E-state index is 10.6. The second-order valence-corrected chi connectivity index (χ2v) is 3.91. The first-order valence-corrected chi connectivity index (χ1v) is 5.21. The molecule has 0 aliphatic carbocycles. The van der Waals surface area contributed by atoms with Crippen LogP contribution in [-0.2, 0) is 11.3 Å². The molecule has 0 fully saturated rings. The van der Waals surface area contributed by atoms with Gasteiger partial charge < -0.3 is 4.74 Å². The van der Waals surface area contributed by atoms with E-state index in [0.717, 1.165) is 0 Å². The number of hydrogen-bond acceptors (Lipinski definition) is 4. The van der Waals surface area contributed by atoms with Crippen molar-refractivity contribution in [3.63, 3.8) is 0 Å². The summed E-state index contributed by atoms with van der Waals surface area (Å²) in [6.45, 7) is 0.910. The molecule has 0 bridgehead atoms. The van der Waals surface area contributed by atoms with E-state index in [2.05, 4.69) is 37.0 Å². The highest BCUT2D eigenvalue weighted by atomic mass is 79.9. The Morgan fingerprint density at radius 1 is 1.64 bits per heavy atom. The molecule has 6 nitrogen and oxygen atoms in total. The lowest BCUT2D eigenvalue weighted by Gasteiger charge is -1.99. The number of hydrogen-bond donors (Lipinski definition) is 0. The van der Waals surface area contributed by atoms with Gasteiger partial charge in [0.2, 0.25) is 4.60 Å². The van der Waals surface area contributed by atoms with Gasteiger partial charge in [0.05, 0.1) is 18.1 Å². The highest BCUT2D eigenvalue weighted by Gasteiger charge is 2.24. The number of aromatic nitrogens is 2. The topological polar surface area (TPSA) is 70.2 Å². The quantitative estimate of drug-likeness (QED) is 0.625. The Hall–Kier alpha value is -0.470. The van der Waals surface area contributed by atoms with Gasteiger partial charge in [-0.05, 0) is 31.9 Å². The van der Waals surface area contributed by atoms with Gasteiger partial charge in [0, 0.05) is 7.11 Å². The first-order chi connectivity index (χ1) is 6.57. The maximum Gasteiger partial charge on any atom is 0.335 e. The average molecular weight is 329 g/mol. The summed E-state index contributed by atoms with van der Waals surface area (Å²) in [6, 6.07) is 0. The average Bonchev–Trinajstić information content (AvgIpc) is 2.38. The van der Waals surface area contributed by atoms with Crippen molar-refractivity contribution in [2.75, 3.05) is 13.7 Å². The summed E-state index contributed by atoms with van der Waals surface area (Å²) in [4.78, 5) is 10.1. The lowest BCUT2D eigenvalue weighted by molar-refractivity contribution is -0.386. The Labute approximate surface area is 96.6 Å². The Morgan fingerprint density at radius 3 is 2.71 bits per heavy atom. The standard InChI is InChI=1S/C6H7Br2N3O3/c1-14-3-2-10-6(8)4(11(12)13)5(7)9-10/h2-3H2,1H3. The summed E-state index contributed by atoms with van der Waals surface area (Å²) in [6.07, 6.45) is 0. The SMILES string of the molecule is COCCn1nc(Br)c([N+](=O)[O-])c1Br. The Bertz CT molecular complexity index is 352. The van der Waals surface area contributed by atoms with Crippen LogP contribution in [0, 0.1) is 10.1 Å². The molecule has 0 aromatic carbocycles. The molecule has 1 heterocycles. The Balaban J connectivity index is 2.98. The number of ether oxygens (including phenoxy) is 1. The summed E-state index contributed by atoms with van der Waals surface area (Å²) >= 11 is 6.12. The van der Waals surface area contributed by atoms with Crippen molar-refractivity contribution in [1.29, 1.82) is 0 Å². The van der Waals surface area contributed by atoms with E-state index < -0.39 is 4.92 Å². The van der Waals surface area contributed by atoms with Crippen LogP contribution in [0.15, 0.2) is 9.21 Å². The Morgan fingerprint density at radius 2 is 2.29 bits per heavy atom. The van der Waals surface area contributed by atoms with Crippen LogP contribution in [0.3, 0.4) is 0 Å². The monoisotopic (exact) mass is 327 g/mol. The van der Waals surface area contributed by atoms with Crippen molar-refractivity contribution in [3.05, 3.63) is 19.3 Å². The fraction of sp³-hybridized carbons (Fsp3) is 0.500. The minimum atomic E-state index is -0.496. The Kier molecular flexibility index (Phi) is 4.02. The van der Waals surface area contributed by atoms with E-state index in [0.29, 0.717) is 17.8 Å². The van der Waals surface area contributed by atoms with Gasteiger partial charge in [0.15, 0.2) is 4.60 Å². The molecule has 0 saturated carbocycles. The van der Waals surface area contributed by atoms with Crippen LogP contribution >= 0.6 is 31.9 Å². The van der Waals surface area contributed by atoms with Gasteiger partial charge in [0.1, 0.15) is 0 Å². The summed E-state index contributed by atoms with van der Waals surface area (Å²) in [5.41, 5.74) is -0.0684. The minimum absolute atomic E-state index is 0.0684. The molecule has 1 rings (SSSR count). The molecule has 0 unspecified atom stereocenters. The van der Waals surface area contributed by atoms with Crippen molar-refractivity contribution in [1.82, 2.24) is 9.78 Å². The fourth-order valence-electron chi connectivity index (χ4n) is 0.881. The van der Waals surface area contributed by atoms with Crippen molar-refractivity contribution in [2.45, 2.75) is 6.54 Å². The summed E-state index contributed by atoms with van der Waals surface area (Å²) < 4.78 is 6.86. The van der Waals surface area contributed by atoms with E-state index in [1.54, 1.807) is 7.11 Å². The van der Waals surface area contributed by atoms with Crippen molar-refractivity contribution >= 4 is 37.5 Å². The molecule has 1 aromatic heterocycles. The molecule has 1 aromatic rings. The zero-order chi connectivity index (χ0) is 10.7. The van der Waals surface area contributed by atoms with Crippen LogP contribution in [0.2, 0.25) is 0 Å².